The number of methoxy groups -OCH3 is 1. The quantitative estimate of drug-likeness (QED) is 0.200. The van der Waals surface area contributed by atoms with Gasteiger partial charge >= 0.3 is 0 Å². The topological polar surface area (TPSA) is 72.5 Å². The zero-order valence-electron chi connectivity index (χ0n) is 22.0. The molecule has 5 nitrogen and oxygen atoms in total. The van der Waals surface area contributed by atoms with Crippen molar-refractivity contribution in [3.8, 4) is 11.3 Å². The van der Waals surface area contributed by atoms with E-state index in [1.54, 1.807) is 20.2 Å². The van der Waals surface area contributed by atoms with Crippen LogP contribution in [0.4, 0.5) is 14.5 Å². The van der Waals surface area contributed by atoms with Gasteiger partial charge in [-0.3, -0.25) is 9.98 Å². The van der Waals surface area contributed by atoms with Crippen LogP contribution in [0.15, 0.2) is 71.1 Å². The Hall–Kier alpha value is -3.74. The fraction of sp³-hybridized carbons (Fsp3) is 0.333. The lowest BCUT2D eigenvalue weighted by Gasteiger charge is -2.16. The summed E-state index contributed by atoms with van der Waals surface area (Å²) in [6.45, 7) is 6.88. The number of nitrogens with one attached hydrogen (secondary N) is 1. The van der Waals surface area contributed by atoms with Crippen LogP contribution in [0.5, 0.6) is 0 Å². The summed E-state index contributed by atoms with van der Waals surface area (Å²) in [5.41, 5.74) is 12.2. The molecular weight excluding hydrogens is 470 g/mol. The van der Waals surface area contributed by atoms with Crippen LogP contribution in [0.2, 0.25) is 0 Å². The molecule has 2 heterocycles. The molecule has 0 fully saturated rings. The molecule has 1 aliphatic heterocycles. The largest absolute Gasteiger partial charge is 0.501 e. The SMILES string of the molecule is C/C=C/C(F)=C(/F)CCCN=C/C(=C\N)c1ccc(C)nc1-c1ccc2c(c1)NCC(CC)C(OC)=C2. The molecular formula is C30H36F2N4O. The fourth-order valence-corrected chi connectivity index (χ4v) is 4.22. The number of nitrogens with two attached hydrogens (primary N) is 1. The highest BCUT2D eigenvalue weighted by molar-refractivity contribution is 6.11. The standard InChI is InChI=1S/C30H36F2N4O/c1-5-8-26(31)27(32)9-7-14-34-18-24(17-33)25-13-10-20(3)36-30(25)23-12-11-22-16-29(37-4)21(6-2)19-35-28(22)15-23/h5,8,10-13,15-18,21,35H,6-7,9,14,19,33H2,1-4H3/b8-5+,24-17+,27-26-,34-18?. The van der Waals surface area contributed by atoms with E-state index in [0.29, 0.717) is 24.5 Å². The zero-order valence-corrected chi connectivity index (χ0v) is 22.0. The van der Waals surface area contributed by atoms with Crippen LogP contribution in [0.3, 0.4) is 0 Å². The molecule has 0 aliphatic carbocycles. The lowest BCUT2D eigenvalue weighted by Crippen LogP contribution is -2.15. The third-order valence-electron chi connectivity index (χ3n) is 6.31. The van der Waals surface area contributed by atoms with Gasteiger partial charge in [-0.1, -0.05) is 31.2 Å². The fourth-order valence-electron chi connectivity index (χ4n) is 4.22. The maximum Gasteiger partial charge on any atom is 0.154 e. The summed E-state index contributed by atoms with van der Waals surface area (Å²) in [7, 11) is 1.72. The van der Waals surface area contributed by atoms with E-state index >= 15 is 0 Å². The van der Waals surface area contributed by atoms with Gasteiger partial charge in [0, 0.05) is 71.5 Å². The van der Waals surface area contributed by atoms with Crippen molar-refractivity contribution in [2.45, 2.75) is 40.0 Å². The highest BCUT2D eigenvalue weighted by Gasteiger charge is 2.19. The number of hydrogen-bond donors (Lipinski definition) is 2. The Balaban J connectivity index is 1.85. The van der Waals surface area contributed by atoms with E-state index in [1.807, 2.05) is 25.1 Å². The molecule has 1 atom stereocenters. The number of aromatic nitrogens is 1. The Bertz CT molecular complexity index is 1240. The number of ether oxygens (including phenoxy) is 1. The number of halogens is 2. The van der Waals surface area contributed by atoms with Crippen molar-refractivity contribution in [1.29, 1.82) is 0 Å². The van der Waals surface area contributed by atoms with E-state index < -0.39 is 11.7 Å². The van der Waals surface area contributed by atoms with Crippen LogP contribution in [-0.2, 0) is 4.74 Å². The molecule has 2 aromatic rings. The van der Waals surface area contributed by atoms with Crippen LogP contribution >= 0.6 is 0 Å². The molecule has 3 rings (SSSR count). The number of hydrogen-bond acceptors (Lipinski definition) is 5. The number of anilines is 1. The summed E-state index contributed by atoms with van der Waals surface area (Å²) < 4.78 is 32.9. The molecule has 1 unspecified atom stereocenters. The first-order chi connectivity index (χ1) is 17.9. The number of aryl methyl sites for hydroxylation is 1. The number of nitrogens with zero attached hydrogens (tertiary/aromatic N) is 2. The molecule has 1 aromatic carbocycles. The monoisotopic (exact) mass is 506 g/mol. The molecule has 37 heavy (non-hydrogen) atoms. The van der Waals surface area contributed by atoms with E-state index in [4.69, 9.17) is 15.5 Å². The minimum atomic E-state index is -0.834. The summed E-state index contributed by atoms with van der Waals surface area (Å²) in [5.74, 6) is -0.318. The van der Waals surface area contributed by atoms with Gasteiger partial charge in [-0.25, -0.2) is 8.78 Å². The highest BCUT2D eigenvalue weighted by atomic mass is 19.2. The summed E-state index contributed by atoms with van der Waals surface area (Å²) in [6, 6.07) is 10.1. The molecule has 0 bridgehead atoms. The van der Waals surface area contributed by atoms with Crippen LogP contribution in [0.1, 0.15) is 49.9 Å². The van der Waals surface area contributed by atoms with Crippen LogP contribution in [0.25, 0.3) is 22.9 Å². The third kappa shape index (κ3) is 7.15. The Morgan fingerprint density at radius 1 is 1.27 bits per heavy atom. The Kier molecular flexibility index (Phi) is 10.2. The number of aliphatic imine (C=N–C) groups is 1. The molecule has 1 aromatic heterocycles. The molecule has 0 saturated carbocycles. The second kappa shape index (κ2) is 13.5. The third-order valence-corrected chi connectivity index (χ3v) is 6.31. The molecule has 0 amide bonds. The second-order valence-corrected chi connectivity index (χ2v) is 8.90. The molecule has 7 heteroatoms. The maximum atomic E-state index is 13.8. The van der Waals surface area contributed by atoms with Crippen molar-refractivity contribution in [2.75, 3.05) is 25.5 Å². The molecule has 196 valence electrons. The minimum absolute atomic E-state index is 0.00717. The number of allylic oxidation sites excluding steroid dienone is 5. The van der Waals surface area contributed by atoms with Gasteiger partial charge in [0.05, 0.1) is 12.8 Å². The summed E-state index contributed by atoms with van der Waals surface area (Å²) in [6.07, 6.45) is 9.20. The van der Waals surface area contributed by atoms with Gasteiger partial charge in [0.1, 0.15) is 11.6 Å². The van der Waals surface area contributed by atoms with Gasteiger partial charge in [0.2, 0.25) is 0 Å². The van der Waals surface area contributed by atoms with Crippen LogP contribution in [0, 0.1) is 12.8 Å². The van der Waals surface area contributed by atoms with E-state index in [0.717, 1.165) is 58.6 Å². The lowest BCUT2D eigenvalue weighted by atomic mass is 9.98. The molecule has 0 spiro atoms. The highest BCUT2D eigenvalue weighted by Crippen LogP contribution is 2.34. The minimum Gasteiger partial charge on any atom is -0.501 e. The molecule has 3 N–H and O–H groups in total. The van der Waals surface area contributed by atoms with Crippen LogP contribution in [-0.4, -0.2) is 31.4 Å². The van der Waals surface area contributed by atoms with Gasteiger partial charge in [0.25, 0.3) is 0 Å². The Labute approximate surface area is 218 Å². The predicted octanol–water partition coefficient (Wildman–Crippen LogP) is 7.37. The number of benzene rings is 1. The van der Waals surface area contributed by atoms with Gasteiger partial charge < -0.3 is 15.8 Å². The Morgan fingerprint density at radius 2 is 2.08 bits per heavy atom. The normalized spacial score (nSPS) is 16.8. The van der Waals surface area contributed by atoms with Crippen molar-refractivity contribution in [2.24, 2.45) is 16.6 Å². The van der Waals surface area contributed by atoms with Crippen LogP contribution < -0.4 is 11.1 Å². The number of fused-ring (bicyclic) bond motifs is 1. The smallest absolute Gasteiger partial charge is 0.154 e. The first-order valence-corrected chi connectivity index (χ1v) is 12.6. The first-order valence-electron chi connectivity index (χ1n) is 12.6. The summed E-state index contributed by atoms with van der Waals surface area (Å²) >= 11 is 0. The van der Waals surface area contributed by atoms with Crippen molar-refractivity contribution >= 4 is 23.6 Å². The van der Waals surface area contributed by atoms with E-state index in [-0.39, 0.29) is 6.42 Å². The molecule has 0 radical (unpaired) electrons. The van der Waals surface area contributed by atoms with Gasteiger partial charge in [0.15, 0.2) is 5.83 Å². The number of rotatable bonds is 10. The van der Waals surface area contributed by atoms with E-state index in [1.165, 1.54) is 12.3 Å². The molecule has 0 saturated heterocycles. The lowest BCUT2D eigenvalue weighted by molar-refractivity contribution is 0.247. The molecule has 1 aliphatic rings. The van der Waals surface area contributed by atoms with Gasteiger partial charge in [-0.2, -0.15) is 0 Å². The zero-order chi connectivity index (χ0) is 26.8. The number of pyridine rings is 1. The predicted molar refractivity (Wildman–Crippen MR) is 150 cm³/mol. The van der Waals surface area contributed by atoms with Crippen molar-refractivity contribution in [1.82, 2.24) is 4.98 Å². The Morgan fingerprint density at radius 3 is 2.78 bits per heavy atom. The average Bonchev–Trinajstić information content (AvgIpc) is 3.09. The van der Waals surface area contributed by atoms with Crippen molar-refractivity contribution in [3.05, 3.63) is 82.9 Å². The average molecular weight is 507 g/mol. The van der Waals surface area contributed by atoms with Gasteiger partial charge in [-0.15, -0.1) is 0 Å². The van der Waals surface area contributed by atoms with Gasteiger partial charge in [-0.05, 0) is 51.0 Å². The van der Waals surface area contributed by atoms with Crippen molar-refractivity contribution in [3.63, 3.8) is 0 Å². The van der Waals surface area contributed by atoms with Crippen molar-refractivity contribution < 1.29 is 13.5 Å². The summed E-state index contributed by atoms with van der Waals surface area (Å²) in [4.78, 5) is 9.23. The second-order valence-electron chi connectivity index (χ2n) is 8.90. The van der Waals surface area contributed by atoms with E-state index in [2.05, 4.69) is 35.4 Å². The first kappa shape index (κ1) is 27.8. The maximum absolute atomic E-state index is 13.8. The summed E-state index contributed by atoms with van der Waals surface area (Å²) in [5, 5.41) is 3.56. The van der Waals surface area contributed by atoms with E-state index in [9.17, 15) is 8.78 Å².